The van der Waals surface area contributed by atoms with E-state index >= 15 is 0 Å². The Balaban J connectivity index is 1.95. The summed E-state index contributed by atoms with van der Waals surface area (Å²) in [5, 5.41) is 16.3. The summed E-state index contributed by atoms with van der Waals surface area (Å²) in [7, 11) is 0. The summed E-state index contributed by atoms with van der Waals surface area (Å²) in [6, 6.07) is 10.2. The van der Waals surface area contributed by atoms with E-state index in [0.29, 0.717) is 25.8 Å². The quantitative estimate of drug-likeness (QED) is 0.679. The molecule has 0 bridgehead atoms. The van der Waals surface area contributed by atoms with Gasteiger partial charge in [0.1, 0.15) is 0 Å². The van der Waals surface area contributed by atoms with Crippen molar-refractivity contribution in [2.45, 2.75) is 60.0 Å². The van der Waals surface area contributed by atoms with E-state index in [1.165, 1.54) is 5.56 Å². The standard InChI is InChI=1S/C22H31N5O/c1-5-26(6-2)16-19-9-7-10-20(15-19)24-22(28)12-11-21-17(3)25-27(18(21)4)14-8-13-23/h7,9-10,15H,5-6,8,11-12,14,16H2,1-4H3,(H,24,28). The highest BCUT2D eigenvalue weighted by molar-refractivity contribution is 5.90. The first-order valence-electron chi connectivity index (χ1n) is 9.99. The third-order valence-electron chi connectivity index (χ3n) is 5.08. The molecule has 0 aliphatic carbocycles. The van der Waals surface area contributed by atoms with E-state index in [4.69, 9.17) is 5.26 Å². The van der Waals surface area contributed by atoms with E-state index in [2.05, 4.69) is 41.3 Å². The first-order valence-corrected chi connectivity index (χ1v) is 9.99. The van der Waals surface area contributed by atoms with Crippen molar-refractivity contribution in [3.8, 4) is 6.07 Å². The minimum atomic E-state index is 0.00330. The van der Waals surface area contributed by atoms with Crippen LogP contribution < -0.4 is 5.32 Å². The van der Waals surface area contributed by atoms with Crippen LogP contribution in [-0.4, -0.2) is 33.7 Å². The van der Waals surface area contributed by atoms with Gasteiger partial charge in [0.25, 0.3) is 0 Å². The molecule has 1 aromatic carbocycles. The maximum Gasteiger partial charge on any atom is 0.224 e. The summed E-state index contributed by atoms with van der Waals surface area (Å²) in [6.45, 7) is 11.8. The zero-order chi connectivity index (χ0) is 20.5. The third-order valence-corrected chi connectivity index (χ3v) is 5.08. The van der Waals surface area contributed by atoms with Crippen molar-refractivity contribution in [3.05, 3.63) is 46.8 Å². The lowest BCUT2D eigenvalue weighted by Crippen LogP contribution is -2.22. The molecule has 6 nitrogen and oxygen atoms in total. The van der Waals surface area contributed by atoms with Crippen LogP contribution in [0.15, 0.2) is 24.3 Å². The number of nitrogens with zero attached hydrogens (tertiary/aromatic N) is 4. The second-order valence-electron chi connectivity index (χ2n) is 6.99. The first-order chi connectivity index (χ1) is 13.5. The van der Waals surface area contributed by atoms with Crippen molar-refractivity contribution in [2.24, 2.45) is 0 Å². The van der Waals surface area contributed by atoms with Crippen molar-refractivity contribution in [1.29, 1.82) is 5.26 Å². The van der Waals surface area contributed by atoms with Crippen molar-refractivity contribution >= 4 is 11.6 Å². The number of amides is 1. The van der Waals surface area contributed by atoms with E-state index < -0.39 is 0 Å². The Labute approximate surface area is 168 Å². The largest absolute Gasteiger partial charge is 0.326 e. The number of hydrogen-bond donors (Lipinski definition) is 1. The molecule has 0 aliphatic heterocycles. The molecule has 0 radical (unpaired) electrons. The van der Waals surface area contributed by atoms with E-state index in [1.807, 2.05) is 36.7 Å². The highest BCUT2D eigenvalue weighted by Gasteiger charge is 2.13. The van der Waals surface area contributed by atoms with Crippen molar-refractivity contribution in [1.82, 2.24) is 14.7 Å². The number of aryl methyl sites for hydroxylation is 2. The Morgan fingerprint density at radius 2 is 2.04 bits per heavy atom. The van der Waals surface area contributed by atoms with Gasteiger partial charge < -0.3 is 5.32 Å². The highest BCUT2D eigenvalue weighted by atomic mass is 16.1. The summed E-state index contributed by atoms with van der Waals surface area (Å²) >= 11 is 0. The first kappa shape index (κ1) is 21.6. The fraction of sp³-hybridized carbons (Fsp3) is 0.500. The summed E-state index contributed by atoms with van der Waals surface area (Å²) < 4.78 is 1.86. The average molecular weight is 382 g/mol. The molecule has 2 rings (SSSR count). The Bertz CT molecular complexity index is 830. The number of benzene rings is 1. The summed E-state index contributed by atoms with van der Waals surface area (Å²) in [4.78, 5) is 14.8. The average Bonchev–Trinajstić information content (AvgIpc) is 2.96. The van der Waals surface area contributed by atoms with Crippen LogP contribution in [0.1, 0.15) is 49.2 Å². The van der Waals surface area contributed by atoms with Crippen LogP contribution in [0.2, 0.25) is 0 Å². The van der Waals surface area contributed by atoms with Gasteiger partial charge in [-0.15, -0.1) is 0 Å². The topological polar surface area (TPSA) is 74.0 Å². The minimum Gasteiger partial charge on any atom is -0.326 e. The van der Waals surface area contributed by atoms with Crippen molar-refractivity contribution in [3.63, 3.8) is 0 Å². The number of nitrogens with one attached hydrogen (secondary N) is 1. The monoisotopic (exact) mass is 381 g/mol. The number of aromatic nitrogens is 2. The number of carbonyl (C=O) groups is 1. The summed E-state index contributed by atoms with van der Waals surface area (Å²) in [5.74, 6) is 0.00330. The normalized spacial score (nSPS) is 10.9. The molecule has 28 heavy (non-hydrogen) atoms. The van der Waals surface area contributed by atoms with Gasteiger partial charge in [0.05, 0.1) is 24.7 Å². The highest BCUT2D eigenvalue weighted by Crippen LogP contribution is 2.17. The Hall–Kier alpha value is -2.65. The number of hydrogen-bond acceptors (Lipinski definition) is 4. The Kier molecular flexibility index (Phi) is 8.21. The lowest BCUT2D eigenvalue weighted by atomic mass is 10.1. The van der Waals surface area contributed by atoms with Gasteiger partial charge in [-0.1, -0.05) is 26.0 Å². The second-order valence-corrected chi connectivity index (χ2v) is 6.99. The van der Waals surface area contributed by atoms with Gasteiger partial charge >= 0.3 is 0 Å². The summed E-state index contributed by atoms with van der Waals surface area (Å²) in [6.07, 6.45) is 1.49. The van der Waals surface area contributed by atoms with Crippen LogP contribution in [0.4, 0.5) is 5.69 Å². The molecule has 0 saturated heterocycles. The molecular formula is C22H31N5O. The molecule has 0 unspecified atom stereocenters. The molecule has 1 amide bonds. The van der Waals surface area contributed by atoms with Crippen molar-refractivity contribution in [2.75, 3.05) is 18.4 Å². The van der Waals surface area contributed by atoms with Gasteiger partial charge in [-0.05, 0) is 56.6 Å². The van der Waals surface area contributed by atoms with Gasteiger partial charge in [0.15, 0.2) is 0 Å². The zero-order valence-corrected chi connectivity index (χ0v) is 17.5. The maximum atomic E-state index is 12.4. The maximum absolute atomic E-state index is 12.4. The molecule has 0 spiro atoms. The van der Waals surface area contributed by atoms with Gasteiger partial charge in [0, 0.05) is 24.3 Å². The van der Waals surface area contributed by atoms with Crippen LogP contribution in [0.3, 0.4) is 0 Å². The Morgan fingerprint density at radius 1 is 1.29 bits per heavy atom. The lowest BCUT2D eigenvalue weighted by molar-refractivity contribution is -0.116. The third kappa shape index (κ3) is 5.93. The molecule has 150 valence electrons. The summed E-state index contributed by atoms with van der Waals surface area (Å²) in [5.41, 5.74) is 5.12. The predicted octanol–water partition coefficient (Wildman–Crippen LogP) is 3.83. The minimum absolute atomic E-state index is 0.00330. The van der Waals surface area contributed by atoms with Gasteiger partial charge in [-0.3, -0.25) is 14.4 Å². The lowest BCUT2D eigenvalue weighted by Gasteiger charge is -2.18. The van der Waals surface area contributed by atoms with Crippen LogP contribution in [-0.2, 0) is 24.3 Å². The zero-order valence-electron chi connectivity index (χ0n) is 17.5. The predicted molar refractivity (Wildman–Crippen MR) is 112 cm³/mol. The van der Waals surface area contributed by atoms with E-state index in [9.17, 15) is 4.79 Å². The van der Waals surface area contributed by atoms with Gasteiger partial charge in [-0.2, -0.15) is 10.4 Å². The fourth-order valence-electron chi connectivity index (χ4n) is 3.38. The number of carbonyl (C=O) groups excluding carboxylic acids is 1. The SMILES string of the molecule is CCN(CC)Cc1cccc(NC(=O)CCc2c(C)nn(CCC#N)c2C)c1. The molecule has 1 aromatic heterocycles. The van der Waals surface area contributed by atoms with Crippen molar-refractivity contribution < 1.29 is 4.79 Å². The van der Waals surface area contributed by atoms with Crippen LogP contribution in [0, 0.1) is 25.2 Å². The molecule has 6 heteroatoms. The second kappa shape index (κ2) is 10.6. The van der Waals surface area contributed by atoms with Crippen LogP contribution in [0.5, 0.6) is 0 Å². The number of nitriles is 1. The van der Waals surface area contributed by atoms with Gasteiger partial charge in [0.2, 0.25) is 5.91 Å². The Morgan fingerprint density at radius 3 is 2.71 bits per heavy atom. The number of anilines is 1. The van der Waals surface area contributed by atoms with Crippen LogP contribution in [0.25, 0.3) is 0 Å². The van der Waals surface area contributed by atoms with E-state index in [0.717, 1.165) is 42.3 Å². The molecule has 1 N–H and O–H groups in total. The molecule has 1 heterocycles. The van der Waals surface area contributed by atoms with E-state index in [-0.39, 0.29) is 5.91 Å². The van der Waals surface area contributed by atoms with E-state index in [1.54, 1.807) is 0 Å². The fourth-order valence-corrected chi connectivity index (χ4v) is 3.38. The van der Waals surface area contributed by atoms with Gasteiger partial charge in [-0.25, -0.2) is 0 Å². The molecule has 0 saturated carbocycles. The molecule has 0 fully saturated rings. The molecule has 2 aromatic rings. The molecule has 0 atom stereocenters. The van der Waals surface area contributed by atoms with Crippen LogP contribution >= 0.6 is 0 Å². The smallest absolute Gasteiger partial charge is 0.224 e. The number of rotatable bonds is 10. The molecule has 0 aliphatic rings. The molecular weight excluding hydrogens is 350 g/mol.